The molecule has 2 aromatic rings. The van der Waals surface area contributed by atoms with Gasteiger partial charge >= 0.3 is 5.69 Å². The van der Waals surface area contributed by atoms with Gasteiger partial charge in [0.05, 0.1) is 25.5 Å². The van der Waals surface area contributed by atoms with Crippen molar-refractivity contribution in [3.05, 3.63) is 62.7 Å². The van der Waals surface area contributed by atoms with Crippen LogP contribution in [0.4, 0.5) is 0 Å². The van der Waals surface area contributed by atoms with E-state index in [0.717, 1.165) is 4.57 Å². The van der Waals surface area contributed by atoms with Crippen molar-refractivity contribution in [3.8, 4) is 0 Å². The van der Waals surface area contributed by atoms with Gasteiger partial charge in [0.15, 0.2) is 0 Å². The first-order valence-electron chi connectivity index (χ1n) is 7.26. The molecule has 2 aromatic heterocycles. The van der Waals surface area contributed by atoms with E-state index in [1.165, 1.54) is 6.20 Å². The summed E-state index contributed by atoms with van der Waals surface area (Å²) in [6, 6.07) is 5.22. The normalized spacial score (nSPS) is 14.7. The van der Waals surface area contributed by atoms with Gasteiger partial charge in [-0.1, -0.05) is 6.07 Å². The van der Waals surface area contributed by atoms with E-state index in [0.29, 0.717) is 32.0 Å². The highest BCUT2D eigenvalue weighted by molar-refractivity contribution is 5.93. The predicted molar refractivity (Wildman–Crippen MR) is 81.4 cm³/mol. The summed E-state index contributed by atoms with van der Waals surface area (Å²) >= 11 is 0. The van der Waals surface area contributed by atoms with E-state index in [-0.39, 0.29) is 12.1 Å². The van der Waals surface area contributed by atoms with Gasteiger partial charge in [-0.25, -0.2) is 4.79 Å². The second-order valence-electron chi connectivity index (χ2n) is 5.12. The molecule has 0 radical (unpaired) electrons. The van der Waals surface area contributed by atoms with Crippen LogP contribution in [0.3, 0.4) is 0 Å². The third-order valence-corrected chi connectivity index (χ3v) is 3.64. The van der Waals surface area contributed by atoms with E-state index in [2.05, 4.69) is 9.97 Å². The summed E-state index contributed by atoms with van der Waals surface area (Å²) in [6.45, 7) is 1.75. The molecule has 1 N–H and O–H groups in total. The van der Waals surface area contributed by atoms with Crippen molar-refractivity contribution < 1.29 is 9.53 Å². The minimum Gasteiger partial charge on any atom is -0.378 e. The molecule has 0 spiro atoms. The number of aromatic amines is 1. The number of rotatable bonds is 3. The number of morpholine rings is 1. The van der Waals surface area contributed by atoms with Crippen LogP contribution in [0.5, 0.6) is 0 Å². The summed E-state index contributed by atoms with van der Waals surface area (Å²) in [7, 11) is 0. The second kappa shape index (κ2) is 6.57. The van der Waals surface area contributed by atoms with Gasteiger partial charge in [0.1, 0.15) is 5.56 Å². The Balaban J connectivity index is 1.94. The summed E-state index contributed by atoms with van der Waals surface area (Å²) in [5, 5.41) is 0. The van der Waals surface area contributed by atoms with Gasteiger partial charge < -0.3 is 14.6 Å². The summed E-state index contributed by atoms with van der Waals surface area (Å²) in [5.74, 6) is -0.399. The molecule has 8 heteroatoms. The molecule has 0 atom stereocenters. The van der Waals surface area contributed by atoms with Gasteiger partial charge in [0.25, 0.3) is 11.5 Å². The van der Waals surface area contributed by atoms with Crippen molar-refractivity contribution in [2.45, 2.75) is 6.54 Å². The largest absolute Gasteiger partial charge is 0.378 e. The van der Waals surface area contributed by atoms with Gasteiger partial charge in [-0.05, 0) is 12.1 Å². The van der Waals surface area contributed by atoms with Crippen LogP contribution in [0.1, 0.15) is 16.1 Å². The Hall–Kier alpha value is -2.74. The number of hydrogen-bond donors (Lipinski definition) is 1. The van der Waals surface area contributed by atoms with E-state index in [1.54, 1.807) is 29.3 Å². The zero-order valence-corrected chi connectivity index (χ0v) is 12.4. The molecular weight excluding hydrogens is 300 g/mol. The van der Waals surface area contributed by atoms with E-state index < -0.39 is 17.2 Å². The van der Waals surface area contributed by atoms with Gasteiger partial charge in [0.2, 0.25) is 0 Å². The van der Waals surface area contributed by atoms with Crippen LogP contribution in [0.2, 0.25) is 0 Å². The molecule has 1 fully saturated rings. The lowest BCUT2D eigenvalue weighted by Crippen LogP contribution is -2.45. The van der Waals surface area contributed by atoms with Gasteiger partial charge in [-0.3, -0.25) is 19.1 Å². The summed E-state index contributed by atoms with van der Waals surface area (Å²) in [5.41, 5.74) is -0.673. The number of aromatic nitrogens is 3. The van der Waals surface area contributed by atoms with Crippen LogP contribution >= 0.6 is 0 Å². The summed E-state index contributed by atoms with van der Waals surface area (Å²) in [4.78, 5) is 45.0. The molecule has 0 bridgehead atoms. The fraction of sp³-hybridized carbons (Fsp3) is 0.333. The lowest BCUT2D eigenvalue weighted by Gasteiger charge is -2.26. The fourth-order valence-corrected chi connectivity index (χ4v) is 2.40. The Morgan fingerprint density at radius 3 is 2.74 bits per heavy atom. The Labute approximate surface area is 131 Å². The average molecular weight is 316 g/mol. The number of carbonyl (C=O) groups excluding carboxylic acids is 1. The Morgan fingerprint density at radius 1 is 1.26 bits per heavy atom. The molecule has 0 saturated carbocycles. The van der Waals surface area contributed by atoms with Gasteiger partial charge in [-0.2, -0.15) is 0 Å². The number of amides is 1. The van der Waals surface area contributed by atoms with Crippen molar-refractivity contribution in [3.63, 3.8) is 0 Å². The number of H-pyrrole nitrogens is 1. The van der Waals surface area contributed by atoms with Crippen molar-refractivity contribution in [2.75, 3.05) is 26.3 Å². The Kier molecular flexibility index (Phi) is 4.33. The van der Waals surface area contributed by atoms with E-state index >= 15 is 0 Å². The Bertz CT molecular complexity index is 806. The number of hydrogen-bond acceptors (Lipinski definition) is 5. The topological polar surface area (TPSA) is 97.3 Å². The maximum absolute atomic E-state index is 12.5. The van der Waals surface area contributed by atoms with Gasteiger partial charge in [0, 0.05) is 25.5 Å². The van der Waals surface area contributed by atoms with Crippen molar-refractivity contribution in [1.82, 2.24) is 19.4 Å². The molecule has 0 unspecified atom stereocenters. The molecule has 1 amide bonds. The monoisotopic (exact) mass is 316 g/mol. The molecule has 23 heavy (non-hydrogen) atoms. The van der Waals surface area contributed by atoms with Crippen molar-refractivity contribution in [1.29, 1.82) is 0 Å². The lowest BCUT2D eigenvalue weighted by molar-refractivity contribution is 0.0301. The third kappa shape index (κ3) is 3.21. The van der Waals surface area contributed by atoms with Crippen LogP contribution in [-0.2, 0) is 11.3 Å². The molecule has 0 aliphatic carbocycles. The first-order valence-corrected chi connectivity index (χ1v) is 7.26. The van der Waals surface area contributed by atoms with Gasteiger partial charge in [-0.15, -0.1) is 0 Å². The zero-order chi connectivity index (χ0) is 16.2. The lowest BCUT2D eigenvalue weighted by atomic mass is 10.2. The van der Waals surface area contributed by atoms with Crippen molar-refractivity contribution in [2.24, 2.45) is 0 Å². The molecule has 1 saturated heterocycles. The highest BCUT2D eigenvalue weighted by atomic mass is 16.5. The smallest absolute Gasteiger partial charge is 0.328 e. The first-order chi connectivity index (χ1) is 11.2. The van der Waals surface area contributed by atoms with Crippen LogP contribution in [-0.4, -0.2) is 51.6 Å². The number of ether oxygens (including phenoxy) is 1. The summed E-state index contributed by atoms with van der Waals surface area (Å²) in [6.07, 6.45) is 2.76. The molecule has 0 aromatic carbocycles. The number of nitrogens with zero attached hydrogens (tertiary/aromatic N) is 3. The molecule has 3 rings (SSSR count). The number of pyridine rings is 1. The third-order valence-electron chi connectivity index (χ3n) is 3.64. The highest BCUT2D eigenvalue weighted by Crippen LogP contribution is 2.03. The van der Waals surface area contributed by atoms with Crippen LogP contribution in [0, 0.1) is 0 Å². The number of nitrogens with one attached hydrogen (secondary N) is 1. The van der Waals surface area contributed by atoms with Crippen LogP contribution in [0.15, 0.2) is 40.2 Å². The molecule has 1 aliphatic heterocycles. The first kappa shape index (κ1) is 15.2. The SMILES string of the molecule is O=C(c1c[nH]c(=O)n(Cc2ccccn2)c1=O)N1CCOCC1. The molecular formula is C15H16N4O4. The van der Waals surface area contributed by atoms with Crippen molar-refractivity contribution >= 4 is 5.91 Å². The zero-order valence-electron chi connectivity index (χ0n) is 12.4. The Morgan fingerprint density at radius 2 is 2.04 bits per heavy atom. The van der Waals surface area contributed by atoms with E-state index in [9.17, 15) is 14.4 Å². The minimum absolute atomic E-state index is 0.0131. The highest BCUT2D eigenvalue weighted by Gasteiger charge is 2.22. The second-order valence-corrected chi connectivity index (χ2v) is 5.12. The summed E-state index contributed by atoms with van der Waals surface area (Å²) < 4.78 is 6.18. The minimum atomic E-state index is -0.615. The van der Waals surface area contributed by atoms with Crippen LogP contribution < -0.4 is 11.2 Å². The average Bonchev–Trinajstić information content (AvgIpc) is 2.60. The quantitative estimate of drug-likeness (QED) is 0.819. The molecule has 8 nitrogen and oxygen atoms in total. The molecule has 120 valence electrons. The number of carbonyl (C=O) groups is 1. The van der Waals surface area contributed by atoms with E-state index in [4.69, 9.17) is 4.74 Å². The fourth-order valence-electron chi connectivity index (χ4n) is 2.40. The predicted octanol–water partition coefficient (Wildman–Crippen LogP) is -0.548. The molecule has 1 aliphatic rings. The maximum Gasteiger partial charge on any atom is 0.328 e. The van der Waals surface area contributed by atoms with Crippen LogP contribution in [0.25, 0.3) is 0 Å². The molecule has 3 heterocycles. The maximum atomic E-state index is 12.5. The standard InChI is InChI=1S/C15H16N4O4/c20-13(18-5-7-23-8-6-18)12-9-17-15(22)19(14(12)21)10-11-3-1-2-4-16-11/h1-4,9H,5-8,10H2,(H,17,22). The van der Waals surface area contributed by atoms with E-state index in [1.807, 2.05) is 0 Å².